The number of nitrogens with zero attached hydrogens (tertiary/aromatic N) is 5. The van der Waals surface area contributed by atoms with Gasteiger partial charge in [0.25, 0.3) is 0 Å². The zero-order chi connectivity index (χ0) is 21.0. The number of hydrogen-bond donors (Lipinski definition) is 1. The second kappa shape index (κ2) is 9.11. The van der Waals surface area contributed by atoms with Crippen LogP contribution in [0, 0.1) is 5.82 Å². The minimum atomic E-state index is -0.199. The number of aromatic nitrogens is 4. The summed E-state index contributed by atoms with van der Waals surface area (Å²) in [5, 5.41) is 12.8. The smallest absolute Gasteiger partial charge is 0.214 e. The fourth-order valence-electron chi connectivity index (χ4n) is 4.74. The summed E-state index contributed by atoms with van der Waals surface area (Å²) >= 11 is 0. The van der Waals surface area contributed by atoms with Crippen LogP contribution in [0.25, 0.3) is 0 Å². The number of tetrazole rings is 1. The first-order chi connectivity index (χ1) is 15.3. The van der Waals surface area contributed by atoms with Crippen LogP contribution in [0.3, 0.4) is 0 Å². The highest BCUT2D eigenvalue weighted by molar-refractivity contribution is 5.46. The fraction of sp³-hybridized carbons (Fsp3) is 0.435. The van der Waals surface area contributed by atoms with Crippen molar-refractivity contribution in [3.05, 3.63) is 71.8 Å². The van der Waals surface area contributed by atoms with Crippen molar-refractivity contribution in [1.82, 2.24) is 20.2 Å². The Morgan fingerprint density at radius 3 is 2.55 bits per heavy atom. The van der Waals surface area contributed by atoms with E-state index in [2.05, 4.69) is 44.7 Å². The van der Waals surface area contributed by atoms with E-state index in [0.717, 1.165) is 57.1 Å². The van der Waals surface area contributed by atoms with Crippen LogP contribution < -0.4 is 9.80 Å². The summed E-state index contributed by atoms with van der Waals surface area (Å²) < 4.78 is 21.1. The van der Waals surface area contributed by atoms with Crippen LogP contribution in [0.4, 0.5) is 10.1 Å². The largest absolute Gasteiger partial charge is 0.376 e. The van der Waals surface area contributed by atoms with Crippen molar-refractivity contribution < 1.29 is 14.0 Å². The molecule has 2 aromatic carbocycles. The molecule has 2 saturated heterocycles. The molecule has 1 aromatic heterocycles. The van der Waals surface area contributed by atoms with Crippen LogP contribution in [-0.4, -0.2) is 59.1 Å². The van der Waals surface area contributed by atoms with E-state index >= 15 is 0 Å². The Kier molecular flexibility index (Phi) is 5.90. The molecule has 1 N–H and O–H groups in total. The van der Waals surface area contributed by atoms with Gasteiger partial charge in [0.2, 0.25) is 5.82 Å². The van der Waals surface area contributed by atoms with E-state index in [4.69, 9.17) is 4.74 Å². The van der Waals surface area contributed by atoms with Crippen molar-refractivity contribution in [2.45, 2.75) is 31.5 Å². The lowest BCUT2D eigenvalue weighted by Crippen LogP contribution is -3.15. The first kappa shape index (κ1) is 20.1. The molecule has 162 valence electrons. The summed E-state index contributed by atoms with van der Waals surface area (Å²) in [6.45, 7) is 5.21. The molecule has 5 rings (SSSR count). The number of piperazine rings is 1. The summed E-state index contributed by atoms with van der Waals surface area (Å²) in [5.41, 5.74) is 2.29. The molecule has 3 aromatic rings. The summed E-state index contributed by atoms with van der Waals surface area (Å²) in [6, 6.07) is 17.3. The van der Waals surface area contributed by atoms with Gasteiger partial charge in [0.05, 0.1) is 38.8 Å². The Bertz CT molecular complexity index is 965. The topological polar surface area (TPSA) is 60.5 Å². The van der Waals surface area contributed by atoms with E-state index in [1.54, 1.807) is 0 Å². The maximum atomic E-state index is 13.3. The number of ether oxygens (including phenoxy) is 1. The van der Waals surface area contributed by atoms with Gasteiger partial charge >= 0.3 is 0 Å². The monoisotopic (exact) mass is 423 g/mol. The van der Waals surface area contributed by atoms with Crippen LogP contribution >= 0.6 is 0 Å². The zero-order valence-corrected chi connectivity index (χ0v) is 17.5. The van der Waals surface area contributed by atoms with E-state index in [-0.39, 0.29) is 18.0 Å². The second-order valence-electron chi connectivity index (χ2n) is 8.32. The van der Waals surface area contributed by atoms with E-state index in [1.807, 2.05) is 22.9 Å². The predicted octanol–water partition coefficient (Wildman–Crippen LogP) is 1.49. The third-order valence-electron chi connectivity index (χ3n) is 6.36. The Balaban J connectivity index is 1.37. The molecule has 0 unspecified atom stereocenters. The second-order valence-corrected chi connectivity index (χ2v) is 8.32. The van der Waals surface area contributed by atoms with Crippen LogP contribution in [-0.2, 0) is 11.3 Å². The van der Waals surface area contributed by atoms with Gasteiger partial charge in [0.1, 0.15) is 5.82 Å². The molecule has 31 heavy (non-hydrogen) atoms. The van der Waals surface area contributed by atoms with E-state index in [1.165, 1.54) is 22.6 Å². The first-order valence-electron chi connectivity index (χ1n) is 11.1. The minimum Gasteiger partial charge on any atom is -0.376 e. The normalized spacial score (nSPS) is 20.8. The quantitative estimate of drug-likeness (QED) is 0.651. The standard InChI is InChI=1S/C23H27FN6O/c24-19-8-10-20(11-9-19)28-12-14-29(15-13-28)22(18-5-2-1-3-6-18)23-25-26-27-30(23)17-21-7-4-16-31-21/h1-3,5-6,8-11,21-22H,4,7,12-17H2/p+1/t21-,22+/m1/s1. The number of benzene rings is 2. The Morgan fingerprint density at radius 2 is 1.84 bits per heavy atom. The van der Waals surface area contributed by atoms with Crippen molar-refractivity contribution in [3.8, 4) is 0 Å². The lowest BCUT2D eigenvalue weighted by Gasteiger charge is -2.37. The maximum Gasteiger partial charge on any atom is 0.214 e. The van der Waals surface area contributed by atoms with Crippen molar-refractivity contribution in [1.29, 1.82) is 0 Å². The average Bonchev–Trinajstić information content (AvgIpc) is 3.49. The molecule has 2 fully saturated rings. The number of quaternary nitrogens is 1. The maximum absolute atomic E-state index is 13.3. The molecular weight excluding hydrogens is 395 g/mol. The van der Waals surface area contributed by atoms with Crippen molar-refractivity contribution in [2.24, 2.45) is 0 Å². The van der Waals surface area contributed by atoms with Gasteiger partial charge in [-0.3, -0.25) is 0 Å². The predicted molar refractivity (Wildman–Crippen MR) is 114 cm³/mol. The van der Waals surface area contributed by atoms with Gasteiger partial charge in [0.15, 0.2) is 6.04 Å². The van der Waals surface area contributed by atoms with Crippen LogP contribution in [0.2, 0.25) is 0 Å². The Morgan fingerprint density at radius 1 is 1.06 bits per heavy atom. The summed E-state index contributed by atoms with van der Waals surface area (Å²) in [7, 11) is 0. The Hall–Kier alpha value is -2.84. The first-order valence-corrected chi connectivity index (χ1v) is 11.1. The third kappa shape index (κ3) is 4.45. The SMILES string of the molecule is Fc1ccc(N2CC[NH+]([C@@H](c3ccccc3)c3nnnn3C[C@H]3CCCO3)CC2)cc1. The van der Waals surface area contributed by atoms with Gasteiger partial charge in [0, 0.05) is 17.9 Å². The van der Waals surface area contributed by atoms with Crippen molar-refractivity contribution in [3.63, 3.8) is 0 Å². The highest BCUT2D eigenvalue weighted by atomic mass is 19.1. The molecular formula is C23H28FN6O+. The number of halogens is 1. The summed E-state index contributed by atoms with van der Waals surface area (Å²) in [6.07, 6.45) is 2.34. The third-order valence-corrected chi connectivity index (χ3v) is 6.36. The van der Waals surface area contributed by atoms with E-state index in [0.29, 0.717) is 6.54 Å². The van der Waals surface area contributed by atoms with Gasteiger partial charge in [-0.05, 0) is 47.5 Å². The minimum absolute atomic E-state index is 0.0629. The van der Waals surface area contributed by atoms with E-state index in [9.17, 15) is 4.39 Å². The highest BCUT2D eigenvalue weighted by Crippen LogP contribution is 2.21. The number of hydrogen-bond acceptors (Lipinski definition) is 5. The molecule has 2 atom stereocenters. The number of nitrogens with one attached hydrogen (secondary N) is 1. The van der Waals surface area contributed by atoms with Gasteiger partial charge < -0.3 is 14.5 Å². The van der Waals surface area contributed by atoms with Gasteiger partial charge in [-0.2, -0.15) is 0 Å². The molecule has 0 saturated carbocycles. The Labute approximate surface area is 181 Å². The molecule has 8 heteroatoms. The lowest BCUT2D eigenvalue weighted by molar-refractivity contribution is -0.927. The van der Waals surface area contributed by atoms with E-state index < -0.39 is 0 Å². The number of anilines is 1. The molecule has 0 amide bonds. The fourth-order valence-corrected chi connectivity index (χ4v) is 4.74. The van der Waals surface area contributed by atoms with Crippen molar-refractivity contribution in [2.75, 3.05) is 37.7 Å². The van der Waals surface area contributed by atoms with Gasteiger partial charge in [-0.1, -0.05) is 30.3 Å². The molecule has 0 spiro atoms. The zero-order valence-electron chi connectivity index (χ0n) is 17.5. The molecule has 3 heterocycles. The van der Waals surface area contributed by atoms with Crippen LogP contribution in [0.5, 0.6) is 0 Å². The van der Waals surface area contributed by atoms with Crippen molar-refractivity contribution >= 4 is 5.69 Å². The van der Waals surface area contributed by atoms with Crippen LogP contribution in [0.15, 0.2) is 54.6 Å². The lowest BCUT2D eigenvalue weighted by atomic mass is 10.0. The molecule has 2 aliphatic heterocycles. The molecule has 0 aliphatic carbocycles. The summed E-state index contributed by atoms with van der Waals surface area (Å²) in [5.74, 6) is 0.696. The molecule has 7 nitrogen and oxygen atoms in total. The molecule has 2 aliphatic rings. The van der Waals surface area contributed by atoms with Crippen LogP contribution in [0.1, 0.15) is 30.3 Å². The molecule has 0 radical (unpaired) electrons. The summed E-state index contributed by atoms with van der Waals surface area (Å²) in [4.78, 5) is 3.76. The van der Waals surface area contributed by atoms with Gasteiger partial charge in [-0.25, -0.2) is 9.07 Å². The highest BCUT2D eigenvalue weighted by Gasteiger charge is 2.34. The average molecular weight is 424 g/mol. The molecule has 0 bridgehead atoms. The number of rotatable bonds is 6. The van der Waals surface area contributed by atoms with Gasteiger partial charge in [-0.15, -0.1) is 5.10 Å².